The van der Waals surface area contributed by atoms with Crippen molar-refractivity contribution in [2.45, 2.75) is 47.9 Å². The number of carbonyl (C=O) groups is 3. The SMILES string of the molecule is NS(=O)(=O)c1ccc(CNC(=O)C2(Cc3ccc(C4CC(=O)NS4(=O)=O)cc3)CCC(=O)N2)cc1. The predicted molar refractivity (Wildman–Crippen MR) is 124 cm³/mol. The Morgan fingerprint density at radius 3 is 2.17 bits per heavy atom. The van der Waals surface area contributed by atoms with Gasteiger partial charge in [0.1, 0.15) is 10.8 Å². The number of rotatable bonds is 7. The summed E-state index contributed by atoms with van der Waals surface area (Å²) >= 11 is 0. The molecule has 5 N–H and O–H groups in total. The molecule has 2 aromatic rings. The number of hydrogen-bond acceptors (Lipinski definition) is 7. The number of amides is 3. The molecule has 35 heavy (non-hydrogen) atoms. The first-order chi connectivity index (χ1) is 16.4. The van der Waals surface area contributed by atoms with Gasteiger partial charge < -0.3 is 10.6 Å². The second kappa shape index (κ2) is 9.06. The molecule has 2 heterocycles. The summed E-state index contributed by atoms with van der Waals surface area (Å²) in [6, 6.07) is 12.3. The standard InChI is InChI=1S/C22H24N4O7S2/c23-34(30,31)17-7-3-15(4-8-17)13-24-21(29)22(10-9-19(27)25-22)12-14-1-5-16(6-2-14)18-11-20(28)26-35(18,32)33/h1-8,18H,9-13H2,(H,24,29)(H,25,27)(H,26,28)(H2,23,30,31). The maximum atomic E-state index is 13.1. The largest absolute Gasteiger partial charge is 0.350 e. The van der Waals surface area contributed by atoms with Crippen LogP contribution in [0.1, 0.15) is 41.2 Å². The molecule has 0 aromatic heterocycles. The van der Waals surface area contributed by atoms with E-state index in [4.69, 9.17) is 5.14 Å². The molecular formula is C22H24N4O7S2. The van der Waals surface area contributed by atoms with Gasteiger partial charge in [-0.1, -0.05) is 36.4 Å². The summed E-state index contributed by atoms with van der Waals surface area (Å²) in [6.07, 6.45) is 0.494. The Kier molecular flexibility index (Phi) is 6.42. The van der Waals surface area contributed by atoms with Gasteiger partial charge in [0.05, 0.1) is 11.3 Å². The van der Waals surface area contributed by atoms with E-state index in [9.17, 15) is 31.2 Å². The monoisotopic (exact) mass is 520 g/mol. The first-order valence-corrected chi connectivity index (χ1v) is 13.8. The molecule has 2 aromatic carbocycles. The molecule has 186 valence electrons. The minimum Gasteiger partial charge on any atom is -0.350 e. The lowest BCUT2D eigenvalue weighted by Gasteiger charge is -2.28. The highest BCUT2D eigenvalue weighted by molar-refractivity contribution is 7.90. The highest BCUT2D eigenvalue weighted by atomic mass is 32.2. The minimum atomic E-state index is -3.82. The first kappa shape index (κ1) is 24.8. The van der Waals surface area contributed by atoms with Gasteiger partial charge in [0.25, 0.3) is 0 Å². The van der Waals surface area contributed by atoms with E-state index >= 15 is 0 Å². The molecule has 2 aliphatic rings. The van der Waals surface area contributed by atoms with Gasteiger partial charge in [0.15, 0.2) is 0 Å². The number of hydrogen-bond donors (Lipinski definition) is 4. The summed E-state index contributed by atoms with van der Waals surface area (Å²) in [4.78, 5) is 36.6. The highest BCUT2D eigenvalue weighted by Crippen LogP contribution is 2.31. The minimum absolute atomic E-state index is 0.0406. The van der Waals surface area contributed by atoms with Gasteiger partial charge in [-0.05, 0) is 35.2 Å². The molecule has 2 aliphatic heterocycles. The van der Waals surface area contributed by atoms with Gasteiger partial charge in [-0.3, -0.25) is 19.1 Å². The van der Waals surface area contributed by atoms with Crippen LogP contribution in [0.25, 0.3) is 0 Å². The molecule has 2 unspecified atom stereocenters. The van der Waals surface area contributed by atoms with E-state index in [-0.39, 0.29) is 43.0 Å². The van der Waals surface area contributed by atoms with Crippen LogP contribution in [0.5, 0.6) is 0 Å². The number of carbonyl (C=O) groups excluding carboxylic acids is 3. The smallest absolute Gasteiger partial charge is 0.246 e. The fraction of sp³-hybridized carbons (Fsp3) is 0.318. The fourth-order valence-electron chi connectivity index (χ4n) is 4.30. The van der Waals surface area contributed by atoms with Crippen molar-refractivity contribution in [2.24, 2.45) is 5.14 Å². The van der Waals surface area contributed by atoms with E-state index < -0.39 is 42.6 Å². The second-order valence-electron chi connectivity index (χ2n) is 8.68. The van der Waals surface area contributed by atoms with Crippen molar-refractivity contribution < 1.29 is 31.2 Å². The van der Waals surface area contributed by atoms with Gasteiger partial charge in [-0.25, -0.2) is 22.0 Å². The zero-order valence-corrected chi connectivity index (χ0v) is 20.1. The Morgan fingerprint density at radius 1 is 1.03 bits per heavy atom. The fourth-order valence-corrected chi connectivity index (χ4v) is 6.24. The van der Waals surface area contributed by atoms with E-state index in [2.05, 4.69) is 10.6 Å². The summed E-state index contributed by atoms with van der Waals surface area (Å²) in [5, 5.41) is 9.69. The Hall–Kier alpha value is -3.29. The van der Waals surface area contributed by atoms with Crippen LogP contribution in [0.2, 0.25) is 0 Å². The molecule has 0 radical (unpaired) electrons. The summed E-state index contributed by atoms with van der Waals surface area (Å²) in [5.41, 5.74) is 0.633. The van der Waals surface area contributed by atoms with Crippen LogP contribution < -0.4 is 20.5 Å². The normalized spacial score (nSPS) is 23.5. The van der Waals surface area contributed by atoms with Gasteiger partial charge >= 0.3 is 0 Å². The van der Waals surface area contributed by atoms with Gasteiger partial charge in [0, 0.05) is 19.4 Å². The Labute approximate surface area is 202 Å². The first-order valence-electron chi connectivity index (χ1n) is 10.7. The average Bonchev–Trinajstić information content (AvgIpc) is 3.30. The van der Waals surface area contributed by atoms with Gasteiger partial charge in [0.2, 0.25) is 37.8 Å². The average molecular weight is 521 g/mol. The van der Waals surface area contributed by atoms with Gasteiger partial charge in [-0.2, -0.15) is 0 Å². The van der Waals surface area contributed by atoms with Gasteiger partial charge in [-0.15, -0.1) is 0 Å². The Bertz CT molecular complexity index is 1390. The van der Waals surface area contributed by atoms with Crippen molar-refractivity contribution in [3.63, 3.8) is 0 Å². The van der Waals surface area contributed by atoms with Crippen LogP contribution in [-0.2, 0) is 47.4 Å². The third-order valence-electron chi connectivity index (χ3n) is 6.16. The Balaban J connectivity index is 1.47. The van der Waals surface area contributed by atoms with Crippen molar-refractivity contribution >= 4 is 37.8 Å². The van der Waals surface area contributed by atoms with Crippen molar-refractivity contribution in [2.75, 3.05) is 0 Å². The molecule has 2 atom stereocenters. The maximum absolute atomic E-state index is 13.1. The quantitative estimate of drug-likeness (QED) is 0.387. The zero-order valence-electron chi connectivity index (χ0n) is 18.5. The Morgan fingerprint density at radius 2 is 1.66 bits per heavy atom. The molecule has 0 bridgehead atoms. The molecule has 4 rings (SSSR count). The van der Waals surface area contributed by atoms with E-state index in [1.54, 1.807) is 24.3 Å². The number of primary sulfonamides is 1. The predicted octanol–water partition coefficient (Wildman–Crippen LogP) is -0.267. The molecule has 0 spiro atoms. The topological polar surface area (TPSA) is 182 Å². The van der Waals surface area contributed by atoms with Crippen LogP contribution in [0.15, 0.2) is 53.4 Å². The van der Waals surface area contributed by atoms with Crippen LogP contribution in [0.3, 0.4) is 0 Å². The molecule has 13 heteroatoms. The summed E-state index contributed by atoms with van der Waals surface area (Å²) in [7, 11) is -7.58. The van der Waals surface area contributed by atoms with E-state index in [0.717, 1.165) is 0 Å². The highest BCUT2D eigenvalue weighted by Gasteiger charge is 2.44. The lowest BCUT2D eigenvalue weighted by Crippen LogP contribution is -2.55. The van der Waals surface area contributed by atoms with E-state index in [1.807, 2.05) is 4.72 Å². The molecule has 0 aliphatic carbocycles. The third kappa shape index (κ3) is 5.36. The summed E-state index contributed by atoms with van der Waals surface area (Å²) in [6.45, 7) is 0.112. The maximum Gasteiger partial charge on any atom is 0.246 e. The zero-order chi connectivity index (χ0) is 25.4. The lowest BCUT2D eigenvalue weighted by atomic mass is 9.87. The van der Waals surface area contributed by atoms with Crippen LogP contribution >= 0.6 is 0 Å². The summed E-state index contributed by atoms with van der Waals surface area (Å²) < 4.78 is 49.0. The molecule has 0 saturated carbocycles. The number of sulfonamides is 2. The van der Waals surface area contributed by atoms with Crippen molar-refractivity contribution in [3.05, 3.63) is 65.2 Å². The van der Waals surface area contributed by atoms with E-state index in [0.29, 0.717) is 16.7 Å². The number of nitrogens with one attached hydrogen (secondary N) is 3. The van der Waals surface area contributed by atoms with Crippen molar-refractivity contribution in [3.8, 4) is 0 Å². The lowest BCUT2D eigenvalue weighted by molar-refractivity contribution is -0.130. The second-order valence-corrected chi connectivity index (χ2v) is 12.1. The molecule has 11 nitrogen and oxygen atoms in total. The molecule has 3 amide bonds. The number of nitrogens with two attached hydrogens (primary N) is 1. The third-order valence-corrected chi connectivity index (χ3v) is 8.79. The van der Waals surface area contributed by atoms with Crippen molar-refractivity contribution in [1.29, 1.82) is 0 Å². The van der Waals surface area contributed by atoms with Crippen molar-refractivity contribution in [1.82, 2.24) is 15.4 Å². The van der Waals surface area contributed by atoms with Crippen LogP contribution in [0.4, 0.5) is 0 Å². The molecule has 2 saturated heterocycles. The number of benzene rings is 2. The molecular weight excluding hydrogens is 496 g/mol. The molecule has 2 fully saturated rings. The van der Waals surface area contributed by atoms with Crippen LogP contribution in [-0.4, -0.2) is 40.1 Å². The van der Waals surface area contributed by atoms with Crippen LogP contribution in [0, 0.1) is 0 Å². The van der Waals surface area contributed by atoms with E-state index in [1.165, 1.54) is 24.3 Å². The summed E-state index contributed by atoms with van der Waals surface area (Å²) in [5.74, 6) is -1.20.